The van der Waals surface area contributed by atoms with Crippen molar-refractivity contribution >= 4 is 17.5 Å². The van der Waals surface area contributed by atoms with E-state index < -0.39 is 5.97 Å². The normalized spacial score (nSPS) is 10.4. The number of nitrogens with two attached hydrogens (primary N) is 1. The summed E-state index contributed by atoms with van der Waals surface area (Å²) < 4.78 is 14.9. The number of carbonyl (C=O) groups is 1. The van der Waals surface area contributed by atoms with Gasteiger partial charge in [-0.3, -0.25) is 0 Å². The first-order valence-electron chi connectivity index (χ1n) is 6.84. The molecule has 118 valence electrons. The van der Waals surface area contributed by atoms with Gasteiger partial charge in [-0.05, 0) is 25.0 Å². The second-order valence-corrected chi connectivity index (χ2v) is 4.36. The minimum Gasteiger partial charge on any atom is -0.464 e. The number of hydrogen-bond acceptors (Lipinski definition) is 7. The Hall–Kier alpha value is -1.86. The van der Waals surface area contributed by atoms with Crippen molar-refractivity contribution in [2.75, 3.05) is 51.6 Å². The molecule has 0 spiro atoms. The molecule has 0 aromatic carbocycles. The Morgan fingerprint density at radius 3 is 2.76 bits per heavy atom. The molecule has 0 saturated carbocycles. The van der Waals surface area contributed by atoms with Crippen LogP contribution < -0.4 is 11.1 Å². The van der Waals surface area contributed by atoms with E-state index in [0.29, 0.717) is 37.9 Å². The van der Waals surface area contributed by atoms with Gasteiger partial charge in [-0.1, -0.05) is 0 Å². The van der Waals surface area contributed by atoms with E-state index in [0.717, 1.165) is 12.8 Å². The molecule has 1 aromatic heterocycles. The lowest BCUT2D eigenvalue weighted by molar-refractivity contribution is 0.0594. The van der Waals surface area contributed by atoms with E-state index in [1.54, 1.807) is 13.2 Å². The van der Waals surface area contributed by atoms with Gasteiger partial charge in [-0.25, -0.2) is 9.78 Å². The zero-order valence-electron chi connectivity index (χ0n) is 12.6. The molecule has 0 aliphatic carbocycles. The molecule has 0 saturated heterocycles. The molecular weight excluding hydrogens is 274 g/mol. The van der Waals surface area contributed by atoms with E-state index in [4.69, 9.17) is 15.2 Å². The average molecular weight is 297 g/mol. The predicted molar refractivity (Wildman–Crippen MR) is 80.4 cm³/mol. The van der Waals surface area contributed by atoms with Crippen molar-refractivity contribution in [2.24, 2.45) is 0 Å². The Bertz CT molecular complexity index is 440. The van der Waals surface area contributed by atoms with Crippen molar-refractivity contribution in [3.63, 3.8) is 0 Å². The van der Waals surface area contributed by atoms with E-state index in [1.807, 2.05) is 0 Å². The fourth-order valence-corrected chi connectivity index (χ4v) is 1.61. The molecule has 0 aliphatic rings. The third-order valence-corrected chi connectivity index (χ3v) is 2.76. The third-order valence-electron chi connectivity index (χ3n) is 2.76. The first-order chi connectivity index (χ1) is 10.2. The van der Waals surface area contributed by atoms with Crippen LogP contribution in [0, 0.1) is 0 Å². The van der Waals surface area contributed by atoms with Crippen molar-refractivity contribution < 1.29 is 19.0 Å². The van der Waals surface area contributed by atoms with Gasteiger partial charge in [0, 0.05) is 20.3 Å². The van der Waals surface area contributed by atoms with Gasteiger partial charge in [0.1, 0.15) is 5.82 Å². The molecule has 0 atom stereocenters. The molecule has 0 radical (unpaired) electrons. The summed E-state index contributed by atoms with van der Waals surface area (Å²) in [6.45, 7) is 2.62. The van der Waals surface area contributed by atoms with Crippen molar-refractivity contribution in [1.82, 2.24) is 4.98 Å². The number of anilines is 2. The Morgan fingerprint density at radius 2 is 2.05 bits per heavy atom. The molecular formula is C14H23N3O4. The highest BCUT2D eigenvalue weighted by molar-refractivity contribution is 5.88. The average Bonchev–Trinajstić information content (AvgIpc) is 2.50. The van der Waals surface area contributed by atoms with Crippen LogP contribution in [0.1, 0.15) is 23.3 Å². The van der Waals surface area contributed by atoms with E-state index in [2.05, 4.69) is 15.0 Å². The van der Waals surface area contributed by atoms with Crippen LogP contribution in [0.5, 0.6) is 0 Å². The predicted octanol–water partition coefficient (Wildman–Crippen LogP) is 1.31. The minimum absolute atomic E-state index is 0.233. The van der Waals surface area contributed by atoms with Gasteiger partial charge in [0.05, 0.1) is 26.0 Å². The Kier molecular flexibility index (Phi) is 8.15. The van der Waals surface area contributed by atoms with Crippen LogP contribution in [0.15, 0.2) is 12.1 Å². The largest absolute Gasteiger partial charge is 0.464 e. The van der Waals surface area contributed by atoms with Crippen LogP contribution in [0.25, 0.3) is 0 Å². The molecule has 0 bridgehead atoms. The van der Waals surface area contributed by atoms with Gasteiger partial charge in [-0.15, -0.1) is 0 Å². The highest BCUT2D eigenvalue weighted by Gasteiger charge is 2.09. The Labute approximate surface area is 124 Å². The number of nitrogen functional groups attached to an aromatic ring is 1. The fraction of sp³-hybridized carbons (Fsp3) is 0.571. The fourth-order valence-electron chi connectivity index (χ4n) is 1.61. The second kappa shape index (κ2) is 9.95. The van der Waals surface area contributed by atoms with Gasteiger partial charge >= 0.3 is 5.97 Å². The van der Waals surface area contributed by atoms with Gasteiger partial charge in [0.15, 0.2) is 5.69 Å². The van der Waals surface area contributed by atoms with Crippen molar-refractivity contribution in [1.29, 1.82) is 0 Å². The highest BCUT2D eigenvalue weighted by atomic mass is 16.5. The number of carbonyl (C=O) groups excluding carboxylic acids is 1. The van der Waals surface area contributed by atoms with Crippen LogP contribution in [0.4, 0.5) is 11.5 Å². The number of ether oxygens (including phenoxy) is 3. The van der Waals surface area contributed by atoms with Crippen LogP contribution in [0.3, 0.4) is 0 Å². The maximum absolute atomic E-state index is 11.4. The minimum atomic E-state index is -0.482. The summed E-state index contributed by atoms with van der Waals surface area (Å²) in [5, 5.41) is 3.11. The monoisotopic (exact) mass is 297 g/mol. The smallest absolute Gasteiger partial charge is 0.356 e. The van der Waals surface area contributed by atoms with Gasteiger partial charge in [0.25, 0.3) is 0 Å². The number of hydrogen-bond donors (Lipinski definition) is 2. The topological polar surface area (TPSA) is 95.7 Å². The number of unbranched alkanes of at least 4 members (excludes halogenated alkanes) is 1. The van der Waals surface area contributed by atoms with E-state index >= 15 is 0 Å². The van der Waals surface area contributed by atoms with Gasteiger partial charge in [0.2, 0.25) is 0 Å². The summed E-state index contributed by atoms with van der Waals surface area (Å²) in [7, 11) is 2.96. The number of nitrogens with zero attached hydrogens (tertiary/aromatic N) is 1. The Balaban J connectivity index is 2.29. The van der Waals surface area contributed by atoms with Crippen molar-refractivity contribution in [2.45, 2.75) is 12.8 Å². The first-order valence-corrected chi connectivity index (χ1v) is 6.84. The van der Waals surface area contributed by atoms with Crippen LogP contribution >= 0.6 is 0 Å². The van der Waals surface area contributed by atoms with Crippen molar-refractivity contribution in [3.8, 4) is 0 Å². The molecule has 7 nitrogen and oxygen atoms in total. The molecule has 7 heteroatoms. The lowest BCUT2D eigenvalue weighted by Gasteiger charge is -2.09. The molecule has 1 heterocycles. The molecule has 0 unspecified atom stereocenters. The number of aromatic nitrogens is 1. The number of nitrogens with one attached hydrogen (secondary N) is 1. The number of pyridine rings is 1. The molecule has 0 aliphatic heterocycles. The van der Waals surface area contributed by atoms with Crippen LogP contribution in [-0.2, 0) is 14.2 Å². The summed E-state index contributed by atoms with van der Waals surface area (Å²) in [4.78, 5) is 15.5. The molecule has 0 amide bonds. The summed E-state index contributed by atoms with van der Waals surface area (Å²) in [5.74, 6) is 0.0165. The SMILES string of the molecule is COCCOCCCCNc1nc(C(=O)OC)ccc1N. The lowest BCUT2D eigenvalue weighted by atomic mass is 10.3. The molecule has 1 aromatic rings. The summed E-state index contributed by atoms with van der Waals surface area (Å²) >= 11 is 0. The number of rotatable bonds is 10. The van der Waals surface area contributed by atoms with Gasteiger partial charge in [-0.2, -0.15) is 0 Å². The lowest BCUT2D eigenvalue weighted by Crippen LogP contribution is -2.11. The first kappa shape index (κ1) is 17.2. The zero-order valence-corrected chi connectivity index (χ0v) is 12.6. The van der Waals surface area contributed by atoms with E-state index in [-0.39, 0.29) is 5.69 Å². The maximum Gasteiger partial charge on any atom is 0.356 e. The van der Waals surface area contributed by atoms with Gasteiger partial charge < -0.3 is 25.3 Å². The molecule has 3 N–H and O–H groups in total. The second-order valence-electron chi connectivity index (χ2n) is 4.36. The summed E-state index contributed by atoms with van der Waals surface area (Å²) in [5.41, 5.74) is 6.54. The summed E-state index contributed by atoms with van der Waals surface area (Å²) in [6, 6.07) is 3.17. The molecule has 0 fully saturated rings. The summed E-state index contributed by atoms with van der Waals surface area (Å²) in [6.07, 6.45) is 1.84. The standard InChI is InChI=1S/C14H23N3O4/c1-19-9-10-21-8-4-3-7-16-13-11(15)5-6-12(17-13)14(18)20-2/h5-6H,3-4,7-10,15H2,1-2H3,(H,16,17). The van der Waals surface area contributed by atoms with E-state index in [9.17, 15) is 4.79 Å². The van der Waals surface area contributed by atoms with Crippen molar-refractivity contribution in [3.05, 3.63) is 17.8 Å². The van der Waals surface area contributed by atoms with Crippen LogP contribution in [0.2, 0.25) is 0 Å². The molecule has 1 rings (SSSR count). The number of esters is 1. The van der Waals surface area contributed by atoms with Crippen LogP contribution in [-0.4, -0.2) is 51.5 Å². The quantitative estimate of drug-likeness (QED) is 0.496. The highest BCUT2D eigenvalue weighted by Crippen LogP contribution is 2.16. The third kappa shape index (κ3) is 6.42. The molecule has 21 heavy (non-hydrogen) atoms. The number of methoxy groups -OCH3 is 2. The zero-order chi connectivity index (χ0) is 15.5. The Morgan fingerprint density at radius 1 is 1.24 bits per heavy atom. The maximum atomic E-state index is 11.4. The van der Waals surface area contributed by atoms with E-state index in [1.165, 1.54) is 13.2 Å².